The van der Waals surface area contributed by atoms with E-state index < -0.39 is 11.7 Å². The number of aromatic nitrogens is 1. The summed E-state index contributed by atoms with van der Waals surface area (Å²) >= 11 is 6.07. The number of halogens is 4. The summed E-state index contributed by atoms with van der Waals surface area (Å²) in [7, 11) is 0. The van der Waals surface area contributed by atoms with Gasteiger partial charge in [-0.25, -0.2) is 4.98 Å². The minimum Gasteiger partial charge on any atom is -0.321 e. The maximum atomic E-state index is 12.7. The number of pyridine rings is 1. The highest BCUT2D eigenvalue weighted by Gasteiger charge is 2.33. The van der Waals surface area contributed by atoms with Crippen LogP contribution in [0.15, 0.2) is 36.5 Å². The number of carbonyl (C=O) groups excluding carboxylic acids is 1. The molecule has 1 aliphatic rings. The predicted octanol–water partition coefficient (Wildman–Crippen LogP) is 1.82. The number of benzene rings is 1. The largest absolute Gasteiger partial charge is 0.419 e. The van der Waals surface area contributed by atoms with Crippen LogP contribution >= 0.6 is 11.6 Å². The third kappa shape index (κ3) is 5.14. The van der Waals surface area contributed by atoms with Crippen molar-refractivity contribution >= 4 is 29.0 Å². The Morgan fingerprint density at radius 2 is 1.96 bits per heavy atom. The van der Waals surface area contributed by atoms with Crippen molar-refractivity contribution in [1.29, 1.82) is 0 Å². The van der Waals surface area contributed by atoms with Gasteiger partial charge < -0.3 is 10.2 Å². The lowest BCUT2D eigenvalue weighted by Crippen LogP contribution is -3.15. The molecule has 0 spiro atoms. The van der Waals surface area contributed by atoms with Crippen LogP contribution in [0, 0.1) is 6.92 Å². The molecule has 5 nitrogen and oxygen atoms in total. The second-order valence-electron chi connectivity index (χ2n) is 6.89. The lowest BCUT2D eigenvalue weighted by atomic mass is 10.2. The fourth-order valence-corrected chi connectivity index (χ4v) is 3.31. The first-order chi connectivity index (χ1) is 13.2. The van der Waals surface area contributed by atoms with Crippen LogP contribution in [0.2, 0.25) is 5.02 Å². The molecule has 2 aromatic rings. The van der Waals surface area contributed by atoms with Gasteiger partial charge in [-0.3, -0.25) is 9.69 Å². The molecular weight excluding hydrogens is 393 g/mol. The van der Waals surface area contributed by atoms with Gasteiger partial charge in [0.2, 0.25) is 0 Å². The third-order valence-electron chi connectivity index (χ3n) is 4.80. The first-order valence-electron chi connectivity index (χ1n) is 8.96. The summed E-state index contributed by atoms with van der Waals surface area (Å²) in [6, 6.07) is 7.91. The summed E-state index contributed by atoms with van der Waals surface area (Å²) in [5, 5.41) is 3.45. The second kappa shape index (κ2) is 8.36. The first kappa shape index (κ1) is 20.4. The van der Waals surface area contributed by atoms with E-state index in [4.69, 9.17) is 11.6 Å². The minimum atomic E-state index is -4.35. The molecule has 1 aromatic heterocycles. The van der Waals surface area contributed by atoms with Crippen LogP contribution in [0.4, 0.5) is 24.7 Å². The van der Waals surface area contributed by atoms with Gasteiger partial charge >= 0.3 is 6.18 Å². The van der Waals surface area contributed by atoms with Crippen LogP contribution in [0.3, 0.4) is 0 Å². The Morgan fingerprint density at radius 3 is 2.54 bits per heavy atom. The van der Waals surface area contributed by atoms with Crippen molar-refractivity contribution in [2.75, 3.05) is 42.9 Å². The van der Waals surface area contributed by atoms with E-state index in [-0.39, 0.29) is 5.91 Å². The molecule has 3 N–H and O–H groups in total. The number of aryl methyl sites for hydroxylation is 1. The van der Waals surface area contributed by atoms with Crippen LogP contribution in [-0.2, 0) is 11.0 Å². The number of carbonyl (C=O) groups is 1. The Bertz CT molecular complexity index is 834. The quantitative estimate of drug-likeness (QED) is 0.802. The molecule has 1 aliphatic heterocycles. The van der Waals surface area contributed by atoms with Crippen molar-refractivity contribution in [3.05, 3.63) is 52.7 Å². The Kier molecular flexibility index (Phi) is 6.10. The minimum absolute atomic E-state index is 0.0931. The fourth-order valence-electron chi connectivity index (χ4n) is 3.13. The average molecular weight is 415 g/mol. The second-order valence-corrected chi connectivity index (χ2v) is 7.29. The third-order valence-corrected chi connectivity index (χ3v) is 5.21. The van der Waals surface area contributed by atoms with Gasteiger partial charge in [0, 0.05) is 16.8 Å². The summed E-state index contributed by atoms with van der Waals surface area (Å²) < 4.78 is 38.0. The molecule has 2 heterocycles. The van der Waals surface area contributed by atoms with Gasteiger partial charge in [-0.15, -0.1) is 0 Å². The van der Waals surface area contributed by atoms with Crippen molar-refractivity contribution in [3.63, 3.8) is 0 Å². The zero-order chi connectivity index (χ0) is 20.3. The van der Waals surface area contributed by atoms with Gasteiger partial charge in [0.05, 0.1) is 5.56 Å². The zero-order valence-electron chi connectivity index (χ0n) is 15.4. The summed E-state index contributed by atoms with van der Waals surface area (Å²) in [5.41, 5.74) is 0.910. The van der Waals surface area contributed by atoms with Crippen LogP contribution < -0.4 is 20.1 Å². The van der Waals surface area contributed by atoms with E-state index in [0.717, 1.165) is 35.8 Å². The van der Waals surface area contributed by atoms with Crippen molar-refractivity contribution in [2.24, 2.45) is 0 Å². The van der Waals surface area contributed by atoms with E-state index in [1.165, 1.54) is 6.07 Å². The molecule has 0 bridgehead atoms. The predicted molar refractivity (Wildman–Crippen MR) is 101 cm³/mol. The molecule has 1 amide bonds. The summed E-state index contributed by atoms with van der Waals surface area (Å²) in [6.07, 6.45) is -3.37. The number of amides is 1. The molecule has 9 heteroatoms. The summed E-state index contributed by atoms with van der Waals surface area (Å²) in [6.45, 7) is 4.97. The van der Waals surface area contributed by atoms with Crippen LogP contribution in [-0.4, -0.2) is 38.6 Å². The number of nitrogens with zero attached hydrogens (tertiary/aromatic N) is 1. The van der Waals surface area contributed by atoms with Gasteiger partial charge in [0.1, 0.15) is 32.4 Å². The Labute approximate surface area is 166 Å². The van der Waals surface area contributed by atoms with Gasteiger partial charge in [-0.1, -0.05) is 17.7 Å². The molecule has 28 heavy (non-hydrogen) atoms. The van der Waals surface area contributed by atoms with E-state index in [2.05, 4.69) is 10.3 Å². The molecule has 0 radical (unpaired) electrons. The molecule has 0 atom stereocenters. The van der Waals surface area contributed by atoms with E-state index in [1.54, 1.807) is 6.07 Å². The topological polar surface area (TPSA) is 50.9 Å². The van der Waals surface area contributed by atoms with Crippen molar-refractivity contribution in [2.45, 2.75) is 13.1 Å². The Morgan fingerprint density at radius 1 is 1.25 bits per heavy atom. The molecule has 0 saturated carbocycles. The van der Waals surface area contributed by atoms with Gasteiger partial charge in [-0.2, -0.15) is 13.2 Å². The number of rotatable bonds is 4. The molecule has 3 rings (SSSR count). The Balaban J connectivity index is 1.49. The monoisotopic (exact) mass is 414 g/mol. The maximum Gasteiger partial charge on any atom is 0.419 e. The highest BCUT2D eigenvalue weighted by molar-refractivity contribution is 6.31. The van der Waals surface area contributed by atoms with Crippen molar-refractivity contribution < 1.29 is 27.8 Å². The van der Waals surface area contributed by atoms with Gasteiger partial charge in [-0.05, 0) is 30.7 Å². The van der Waals surface area contributed by atoms with E-state index in [1.807, 2.05) is 24.0 Å². The SMILES string of the molecule is Cc1ccc(NC(=O)C[NH+]2CCN(c3ccc(C(F)(F)F)c[nH+]3)CC2)cc1Cl. The van der Waals surface area contributed by atoms with Crippen molar-refractivity contribution in [3.8, 4) is 0 Å². The molecule has 0 unspecified atom stereocenters. The number of anilines is 2. The number of aromatic amines is 1. The smallest absolute Gasteiger partial charge is 0.321 e. The van der Waals surface area contributed by atoms with E-state index in [0.29, 0.717) is 36.2 Å². The van der Waals surface area contributed by atoms with Crippen LogP contribution in [0.1, 0.15) is 11.1 Å². The number of alkyl halides is 3. The first-order valence-corrected chi connectivity index (χ1v) is 9.33. The zero-order valence-corrected chi connectivity index (χ0v) is 16.1. The van der Waals surface area contributed by atoms with Gasteiger partial charge in [0.15, 0.2) is 6.54 Å². The molecule has 150 valence electrons. The average Bonchev–Trinajstić information content (AvgIpc) is 2.65. The maximum absolute atomic E-state index is 12.7. The standard InChI is InChI=1S/C19H20ClF3N4O/c1-13-2-4-15(10-16(13)20)25-18(28)12-26-6-8-27(9-7-26)17-5-3-14(11-24-17)19(21,22)23/h2-5,10-11H,6-9,12H2,1H3,(H,25,28)/p+2. The fraction of sp³-hybridized carbons (Fsp3) is 0.368. The van der Waals surface area contributed by atoms with Crippen LogP contribution in [0.25, 0.3) is 0 Å². The summed E-state index contributed by atoms with van der Waals surface area (Å²) in [5.74, 6) is 0.551. The van der Waals surface area contributed by atoms with Crippen LogP contribution in [0.5, 0.6) is 0 Å². The number of nitrogens with one attached hydrogen (secondary N) is 3. The summed E-state index contributed by atoms with van der Waals surface area (Å²) in [4.78, 5) is 18.1. The molecule has 0 aliphatic carbocycles. The lowest BCUT2D eigenvalue weighted by molar-refractivity contribution is -0.892. The molecule has 1 saturated heterocycles. The number of piperazine rings is 1. The van der Waals surface area contributed by atoms with E-state index >= 15 is 0 Å². The molecule has 1 fully saturated rings. The Hall–Kier alpha value is -2.32. The lowest BCUT2D eigenvalue weighted by Gasteiger charge is -2.28. The van der Waals surface area contributed by atoms with Gasteiger partial charge in [0.25, 0.3) is 11.7 Å². The normalized spacial score (nSPS) is 15.5. The van der Waals surface area contributed by atoms with Crippen molar-refractivity contribution in [1.82, 2.24) is 0 Å². The number of hydrogen-bond donors (Lipinski definition) is 2. The number of quaternary nitrogens is 1. The van der Waals surface area contributed by atoms with E-state index in [9.17, 15) is 18.0 Å². The highest BCUT2D eigenvalue weighted by Crippen LogP contribution is 2.28. The highest BCUT2D eigenvalue weighted by atomic mass is 35.5. The molecule has 1 aromatic carbocycles. The molecular formula is C19H22ClF3N4O+2. The number of hydrogen-bond acceptors (Lipinski definition) is 2. The number of H-pyrrole nitrogens is 1.